The number of nitrogens with one attached hydrogen (secondary N) is 1. The molecule has 34 heavy (non-hydrogen) atoms. The molecule has 10 heteroatoms. The van der Waals surface area contributed by atoms with Gasteiger partial charge in [-0.1, -0.05) is 38.4 Å². The molecule has 0 saturated carbocycles. The lowest BCUT2D eigenvalue weighted by Gasteiger charge is -2.36. The molecule has 3 rings (SSSR count). The topological polar surface area (TPSA) is 72.9 Å². The molecule has 1 aliphatic rings. The van der Waals surface area contributed by atoms with Gasteiger partial charge in [0, 0.05) is 12.6 Å². The molecule has 1 fully saturated rings. The highest BCUT2D eigenvalue weighted by molar-refractivity contribution is 6.74. The number of anilines is 1. The first kappa shape index (κ1) is 26.4. The molecule has 186 valence electrons. The molecule has 0 spiro atoms. The number of rotatable bonds is 7. The molecule has 1 N–H and O–H groups in total. The van der Waals surface area contributed by atoms with E-state index in [-0.39, 0.29) is 29.5 Å². The lowest BCUT2D eigenvalue weighted by molar-refractivity contribution is -0.0337. The number of benzene rings is 1. The van der Waals surface area contributed by atoms with Gasteiger partial charge in [-0.15, -0.1) is 0 Å². The second kappa shape index (κ2) is 11.0. The smallest absolute Gasteiger partial charge is 0.323 e. The van der Waals surface area contributed by atoms with Crippen molar-refractivity contribution < 1.29 is 23.1 Å². The third kappa shape index (κ3) is 7.15. The number of morpholine rings is 1. The number of halogens is 2. The Morgan fingerprint density at radius 3 is 2.82 bits per heavy atom. The van der Waals surface area contributed by atoms with Gasteiger partial charge in [0.1, 0.15) is 30.1 Å². The number of carbonyl (C=O) groups is 1. The Bertz CT molecular complexity index is 1000. The van der Waals surface area contributed by atoms with Gasteiger partial charge < -0.3 is 18.8 Å². The summed E-state index contributed by atoms with van der Waals surface area (Å²) in [7, 11) is -1.90. The summed E-state index contributed by atoms with van der Waals surface area (Å²) in [4.78, 5) is 19.0. The van der Waals surface area contributed by atoms with Gasteiger partial charge in [-0.05, 0) is 42.4 Å². The molecule has 2 heterocycles. The van der Waals surface area contributed by atoms with Gasteiger partial charge in [0.25, 0.3) is 0 Å². The fourth-order valence-electron chi connectivity index (χ4n) is 3.06. The summed E-state index contributed by atoms with van der Waals surface area (Å²) in [5.74, 6) is 0.273. The van der Waals surface area contributed by atoms with Crippen molar-refractivity contribution in [2.24, 2.45) is 0 Å². The van der Waals surface area contributed by atoms with Crippen molar-refractivity contribution in [3.63, 3.8) is 0 Å². The number of urea groups is 1. The van der Waals surface area contributed by atoms with E-state index in [2.05, 4.69) is 44.2 Å². The highest BCUT2D eigenvalue weighted by atomic mass is 35.5. The predicted molar refractivity (Wildman–Crippen MR) is 133 cm³/mol. The van der Waals surface area contributed by atoms with Crippen LogP contribution in [0.2, 0.25) is 23.2 Å². The maximum absolute atomic E-state index is 13.4. The Labute approximate surface area is 206 Å². The van der Waals surface area contributed by atoms with Crippen LogP contribution in [0.5, 0.6) is 5.75 Å². The summed E-state index contributed by atoms with van der Waals surface area (Å²) in [5, 5.41) is 3.28. The second-order valence-electron chi connectivity index (χ2n) is 9.82. The van der Waals surface area contributed by atoms with Crippen molar-refractivity contribution in [3.05, 3.63) is 52.9 Å². The number of hydrogen-bond donors (Lipinski definition) is 1. The molecular formula is C24H33ClFN3O4Si. The largest absolute Gasteiger partial charge is 0.489 e. The molecular weight excluding hydrogens is 477 g/mol. The number of amides is 2. The number of carbonyl (C=O) groups excluding carboxylic acids is 1. The van der Waals surface area contributed by atoms with Gasteiger partial charge in [0.2, 0.25) is 0 Å². The molecule has 0 radical (unpaired) electrons. The van der Waals surface area contributed by atoms with E-state index in [4.69, 9.17) is 25.5 Å². The summed E-state index contributed by atoms with van der Waals surface area (Å²) >= 11 is 6.04. The molecule has 7 nitrogen and oxygen atoms in total. The minimum absolute atomic E-state index is 0.107. The number of ether oxygens (including phenoxy) is 2. The maximum Gasteiger partial charge on any atom is 0.323 e. The molecule has 1 unspecified atom stereocenters. The van der Waals surface area contributed by atoms with Crippen molar-refractivity contribution in [2.45, 2.75) is 51.6 Å². The summed E-state index contributed by atoms with van der Waals surface area (Å²) < 4.78 is 31.0. The van der Waals surface area contributed by atoms with Crippen LogP contribution in [-0.4, -0.2) is 56.6 Å². The van der Waals surface area contributed by atoms with E-state index in [0.29, 0.717) is 37.1 Å². The number of pyridine rings is 1. The lowest BCUT2D eigenvalue weighted by Crippen LogP contribution is -2.49. The molecule has 2 amide bonds. The summed E-state index contributed by atoms with van der Waals surface area (Å²) in [5.41, 5.74) is 0.767. The first-order valence-electron chi connectivity index (χ1n) is 11.3. The third-order valence-electron chi connectivity index (χ3n) is 6.17. The van der Waals surface area contributed by atoms with Crippen molar-refractivity contribution in [3.8, 4) is 5.75 Å². The molecule has 1 aliphatic heterocycles. The zero-order valence-electron chi connectivity index (χ0n) is 20.4. The van der Waals surface area contributed by atoms with Crippen LogP contribution in [0.3, 0.4) is 0 Å². The molecule has 1 aromatic carbocycles. The minimum Gasteiger partial charge on any atom is -0.489 e. The first-order chi connectivity index (χ1) is 15.9. The Morgan fingerprint density at radius 2 is 2.09 bits per heavy atom. The van der Waals surface area contributed by atoms with Gasteiger partial charge in [0.15, 0.2) is 8.32 Å². The molecule has 1 aromatic heterocycles. The van der Waals surface area contributed by atoms with E-state index in [1.165, 1.54) is 18.2 Å². The summed E-state index contributed by atoms with van der Waals surface area (Å²) in [6, 6.07) is 9.15. The van der Waals surface area contributed by atoms with Crippen molar-refractivity contribution >= 4 is 31.8 Å². The quantitative estimate of drug-likeness (QED) is 0.484. The molecule has 2 aromatic rings. The highest BCUT2D eigenvalue weighted by Gasteiger charge is 2.37. The number of nitrogens with zero attached hydrogens (tertiary/aromatic N) is 2. The van der Waals surface area contributed by atoms with E-state index in [9.17, 15) is 9.18 Å². The fourth-order valence-corrected chi connectivity index (χ4v) is 4.18. The van der Waals surface area contributed by atoms with Crippen LogP contribution in [-0.2, 0) is 15.8 Å². The van der Waals surface area contributed by atoms with Crippen molar-refractivity contribution in [1.29, 1.82) is 0 Å². The van der Waals surface area contributed by atoms with Gasteiger partial charge in [0.05, 0.1) is 30.5 Å². The first-order valence-corrected chi connectivity index (χ1v) is 14.6. The van der Waals surface area contributed by atoms with E-state index in [0.717, 1.165) is 5.69 Å². The van der Waals surface area contributed by atoms with Gasteiger partial charge in [-0.2, -0.15) is 0 Å². The summed E-state index contributed by atoms with van der Waals surface area (Å²) in [6.07, 6.45) is -0.365. The van der Waals surface area contributed by atoms with Crippen LogP contribution in [0.15, 0.2) is 36.4 Å². The van der Waals surface area contributed by atoms with Gasteiger partial charge in [-0.3, -0.25) is 5.32 Å². The SMILES string of the molecule is CC(C)(C)[Si](C)(C)OCc1cccc(NC(=O)N2CCOC(COc3cc(F)ccc3Cl)C2)n1. The Morgan fingerprint density at radius 1 is 1.32 bits per heavy atom. The van der Waals surface area contributed by atoms with E-state index >= 15 is 0 Å². The zero-order chi connectivity index (χ0) is 24.9. The summed E-state index contributed by atoms with van der Waals surface area (Å²) in [6.45, 7) is 12.6. The fraction of sp³-hybridized carbons (Fsp3) is 0.500. The van der Waals surface area contributed by atoms with Gasteiger partial charge >= 0.3 is 6.03 Å². The molecule has 1 saturated heterocycles. The predicted octanol–water partition coefficient (Wildman–Crippen LogP) is 5.71. The molecule has 1 atom stereocenters. The molecule has 0 aliphatic carbocycles. The highest BCUT2D eigenvalue weighted by Crippen LogP contribution is 2.37. The van der Waals surface area contributed by atoms with Crippen LogP contribution in [0, 0.1) is 5.82 Å². The Balaban J connectivity index is 1.54. The maximum atomic E-state index is 13.4. The van der Waals surface area contributed by atoms with Crippen molar-refractivity contribution in [1.82, 2.24) is 9.88 Å². The third-order valence-corrected chi connectivity index (χ3v) is 11.0. The van der Waals surface area contributed by atoms with Crippen LogP contribution in [0.1, 0.15) is 26.5 Å². The van der Waals surface area contributed by atoms with Gasteiger partial charge in [-0.25, -0.2) is 14.2 Å². The second-order valence-corrected chi connectivity index (χ2v) is 15.0. The van der Waals surface area contributed by atoms with Crippen LogP contribution in [0.25, 0.3) is 0 Å². The average Bonchev–Trinajstić information content (AvgIpc) is 2.78. The van der Waals surface area contributed by atoms with E-state index < -0.39 is 14.1 Å². The number of hydrogen-bond acceptors (Lipinski definition) is 5. The Hall–Kier alpha value is -2.20. The Kier molecular flexibility index (Phi) is 8.56. The van der Waals surface area contributed by atoms with E-state index in [1.807, 2.05) is 12.1 Å². The number of aromatic nitrogens is 1. The van der Waals surface area contributed by atoms with Crippen LogP contribution >= 0.6 is 11.6 Å². The monoisotopic (exact) mass is 509 g/mol. The standard InChI is InChI=1S/C24H33ClFN3O4Si/c1-24(2,3)34(4,5)33-15-18-7-6-8-22(27-18)28-23(30)29-11-12-31-19(14-29)16-32-21-13-17(26)9-10-20(21)25/h6-10,13,19H,11-12,14-16H2,1-5H3,(H,27,28,30). The van der Waals surface area contributed by atoms with Crippen LogP contribution in [0.4, 0.5) is 15.0 Å². The van der Waals surface area contributed by atoms with Crippen LogP contribution < -0.4 is 10.1 Å². The minimum atomic E-state index is -1.90. The van der Waals surface area contributed by atoms with E-state index in [1.54, 1.807) is 11.0 Å². The average molecular weight is 510 g/mol. The molecule has 0 bridgehead atoms. The zero-order valence-corrected chi connectivity index (χ0v) is 22.1. The normalized spacial score (nSPS) is 16.9. The lowest BCUT2D eigenvalue weighted by atomic mass is 10.2. The van der Waals surface area contributed by atoms with Crippen molar-refractivity contribution in [2.75, 3.05) is 31.6 Å².